The fourth-order valence-corrected chi connectivity index (χ4v) is 1.73. The van der Waals surface area contributed by atoms with Crippen LogP contribution in [0, 0.1) is 0 Å². The van der Waals surface area contributed by atoms with E-state index in [0.29, 0.717) is 6.42 Å². The second kappa shape index (κ2) is 3.02. The minimum atomic E-state index is -0.819. The number of hydrogen-bond donors (Lipinski definition) is 1. The number of carbonyl (C=O) groups excluding carboxylic acids is 1. The predicted molar refractivity (Wildman–Crippen MR) is 47.9 cm³/mol. The van der Waals surface area contributed by atoms with Crippen molar-refractivity contribution < 1.29 is 9.90 Å². The highest BCUT2D eigenvalue weighted by Gasteiger charge is 2.26. The van der Waals surface area contributed by atoms with Crippen LogP contribution in [0.4, 0.5) is 0 Å². The Labute approximate surface area is 73.3 Å². The third-order valence-electron chi connectivity index (χ3n) is 2.44. The van der Waals surface area contributed by atoms with Gasteiger partial charge in [0.1, 0.15) is 0 Å². The van der Waals surface area contributed by atoms with Gasteiger partial charge in [0.2, 0.25) is 0 Å². The molecule has 0 aromatic carbocycles. The van der Waals surface area contributed by atoms with Crippen LogP contribution in [0.15, 0.2) is 11.1 Å². The molecule has 68 valence electrons. The molecule has 0 unspecified atom stereocenters. The zero-order valence-electron chi connectivity index (χ0n) is 7.98. The molecule has 0 atom stereocenters. The molecule has 0 radical (unpaired) electrons. The molecule has 0 bridgehead atoms. The summed E-state index contributed by atoms with van der Waals surface area (Å²) in [5, 5.41) is 9.72. The maximum absolute atomic E-state index is 11.3. The van der Waals surface area contributed by atoms with Gasteiger partial charge in [-0.05, 0) is 44.8 Å². The van der Waals surface area contributed by atoms with Gasteiger partial charge in [0.25, 0.3) is 0 Å². The lowest BCUT2D eigenvalue weighted by molar-refractivity contribution is -0.116. The van der Waals surface area contributed by atoms with Gasteiger partial charge in [-0.1, -0.05) is 0 Å². The van der Waals surface area contributed by atoms with Crippen molar-refractivity contribution in [1.29, 1.82) is 0 Å². The Bertz CT molecular complexity index is 231. The molecule has 0 saturated heterocycles. The minimum Gasteiger partial charge on any atom is -0.386 e. The largest absolute Gasteiger partial charge is 0.386 e. The van der Waals surface area contributed by atoms with Crippen molar-refractivity contribution in [3.8, 4) is 0 Å². The van der Waals surface area contributed by atoms with Crippen LogP contribution in [0.1, 0.15) is 40.0 Å². The van der Waals surface area contributed by atoms with E-state index in [9.17, 15) is 9.90 Å². The van der Waals surface area contributed by atoms with Gasteiger partial charge in [0.05, 0.1) is 5.60 Å². The second-order valence-corrected chi connectivity index (χ2v) is 3.94. The molecule has 1 N–H and O–H groups in total. The average Bonchev–Trinajstić information content (AvgIpc) is 1.92. The Kier molecular flexibility index (Phi) is 2.38. The van der Waals surface area contributed by atoms with Crippen LogP contribution in [0.5, 0.6) is 0 Å². The third-order valence-corrected chi connectivity index (χ3v) is 2.44. The molecule has 0 amide bonds. The van der Waals surface area contributed by atoms with E-state index in [4.69, 9.17) is 0 Å². The van der Waals surface area contributed by atoms with Crippen molar-refractivity contribution in [2.75, 3.05) is 0 Å². The zero-order chi connectivity index (χ0) is 9.35. The highest BCUT2D eigenvalue weighted by Crippen LogP contribution is 2.29. The molecule has 0 aromatic rings. The molecule has 2 nitrogen and oxygen atoms in total. The average molecular weight is 168 g/mol. The molecule has 1 aliphatic carbocycles. The fourth-order valence-electron chi connectivity index (χ4n) is 1.73. The maximum Gasteiger partial charge on any atom is 0.158 e. The summed E-state index contributed by atoms with van der Waals surface area (Å²) in [5.74, 6) is 0.193. The Hall–Kier alpha value is -0.630. The first-order valence-corrected chi connectivity index (χ1v) is 4.38. The highest BCUT2D eigenvalue weighted by atomic mass is 16.3. The highest BCUT2D eigenvalue weighted by molar-refractivity contribution is 5.96. The molecule has 1 aliphatic rings. The Balaban J connectivity index is 3.01. The van der Waals surface area contributed by atoms with E-state index in [0.717, 1.165) is 24.0 Å². The molecule has 2 heteroatoms. The molecule has 0 aliphatic heterocycles. The summed E-state index contributed by atoms with van der Waals surface area (Å²) in [6.07, 6.45) is 2.39. The number of allylic oxidation sites excluding steroid dienone is 1. The Morgan fingerprint density at radius 1 is 1.33 bits per heavy atom. The van der Waals surface area contributed by atoms with Gasteiger partial charge in [-0.2, -0.15) is 0 Å². The van der Waals surface area contributed by atoms with Crippen molar-refractivity contribution in [2.24, 2.45) is 0 Å². The SMILES string of the molecule is CC1=C(C(C)(C)O)CCCC1=O. The van der Waals surface area contributed by atoms with Gasteiger partial charge in [-0.3, -0.25) is 4.79 Å². The lowest BCUT2D eigenvalue weighted by Gasteiger charge is -2.27. The summed E-state index contributed by atoms with van der Waals surface area (Å²) < 4.78 is 0. The summed E-state index contributed by atoms with van der Waals surface area (Å²) in [4.78, 5) is 11.3. The van der Waals surface area contributed by atoms with Crippen molar-refractivity contribution in [3.63, 3.8) is 0 Å². The van der Waals surface area contributed by atoms with E-state index >= 15 is 0 Å². The van der Waals surface area contributed by atoms with Crippen LogP contribution in [0.2, 0.25) is 0 Å². The number of rotatable bonds is 1. The van der Waals surface area contributed by atoms with E-state index in [1.165, 1.54) is 0 Å². The van der Waals surface area contributed by atoms with Crippen molar-refractivity contribution >= 4 is 5.78 Å². The standard InChI is InChI=1S/C10H16O2/c1-7-8(10(2,3)12)5-4-6-9(7)11/h12H,4-6H2,1-3H3. The van der Waals surface area contributed by atoms with Crippen molar-refractivity contribution in [3.05, 3.63) is 11.1 Å². The monoisotopic (exact) mass is 168 g/mol. The smallest absolute Gasteiger partial charge is 0.158 e. The number of Topliss-reactive ketones (excluding diaryl/α,β-unsaturated/α-hetero) is 1. The topological polar surface area (TPSA) is 37.3 Å². The molecule has 0 fully saturated rings. The lowest BCUT2D eigenvalue weighted by Crippen LogP contribution is -2.27. The summed E-state index contributed by atoms with van der Waals surface area (Å²) in [5.41, 5.74) is 0.868. The molecule has 1 rings (SSSR count). The normalized spacial score (nSPS) is 20.2. The molecule has 0 heterocycles. The first kappa shape index (κ1) is 9.46. The van der Waals surface area contributed by atoms with Crippen molar-refractivity contribution in [1.82, 2.24) is 0 Å². The maximum atomic E-state index is 11.3. The first-order chi connectivity index (χ1) is 5.43. The van der Waals surface area contributed by atoms with E-state index in [-0.39, 0.29) is 5.78 Å². The van der Waals surface area contributed by atoms with Gasteiger partial charge in [-0.15, -0.1) is 0 Å². The second-order valence-electron chi connectivity index (χ2n) is 3.94. The van der Waals surface area contributed by atoms with Gasteiger partial charge in [-0.25, -0.2) is 0 Å². The Morgan fingerprint density at radius 3 is 2.33 bits per heavy atom. The van der Waals surface area contributed by atoms with E-state index in [1.54, 1.807) is 13.8 Å². The summed E-state index contributed by atoms with van der Waals surface area (Å²) >= 11 is 0. The van der Waals surface area contributed by atoms with E-state index in [1.807, 2.05) is 6.92 Å². The molecule has 0 aromatic heterocycles. The van der Waals surface area contributed by atoms with Crippen LogP contribution < -0.4 is 0 Å². The van der Waals surface area contributed by atoms with E-state index in [2.05, 4.69) is 0 Å². The van der Waals surface area contributed by atoms with Gasteiger partial charge in [0, 0.05) is 6.42 Å². The summed E-state index contributed by atoms with van der Waals surface area (Å²) in [6, 6.07) is 0. The summed E-state index contributed by atoms with van der Waals surface area (Å²) in [6.45, 7) is 5.30. The first-order valence-electron chi connectivity index (χ1n) is 4.38. The fraction of sp³-hybridized carbons (Fsp3) is 0.700. The predicted octanol–water partition coefficient (Wildman–Crippen LogP) is 1.83. The number of ketones is 1. The summed E-state index contributed by atoms with van der Waals surface area (Å²) in [7, 11) is 0. The minimum absolute atomic E-state index is 0.193. The van der Waals surface area contributed by atoms with Crippen molar-refractivity contribution in [2.45, 2.75) is 45.6 Å². The molecular formula is C10H16O2. The number of aliphatic hydroxyl groups is 1. The molecule has 0 spiro atoms. The number of hydrogen-bond acceptors (Lipinski definition) is 2. The molecule has 12 heavy (non-hydrogen) atoms. The van der Waals surface area contributed by atoms with Crippen LogP contribution in [-0.4, -0.2) is 16.5 Å². The quantitative estimate of drug-likeness (QED) is 0.648. The molecule has 0 saturated carbocycles. The van der Waals surface area contributed by atoms with Crippen LogP contribution >= 0.6 is 0 Å². The third kappa shape index (κ3) is 1.75. The van der Waals surface area contributed by atoms with Crippen LogP contribution in [0.3, 0.4) is 0 Å². The van der Waals surface area contributed by atoms with E-state index < -0.39 is 5.60 Å². The molecular weight excluding hydrogens is 152 g/mol. The number of carbonyl (C=O) groups is 1. The Morgan fingerprint density at radius 2 is 1.92 bits per heavy atom. The zero-order valence-corrected chi connectivity index (χ0v) is 7.98. The van der Waals surface area contributed by atoms with Crippen LogP contribution in [0.25, 0.3) is 0 Å². The van der Waals surface area contributed by atoms with Gasteiger partial charge < -0.3 is 5.11 Å². The van der Waals surface area contributed by atoms with Crippen LogP contribution in [-0.2, 0) is 4.79 Å². The van der Waals surface area contributed by atoms with Gasteiger partial charge in [0.15, 0.2) is 5.78 Å². The van der Waals surface area contributed by atoms with Gasteiger partial charge >= 0.3 is 0 Å². The lowest BCUT2D eigenvalue weighted by atomic mass is 9.83.